The molecule has 0 bridgehead atoms. The fraction of sp³-hybridized carbons (Fsp3) is 0.333. The van der Waals surface area contributed by atoms with Gasteiger partial charge in [-0.05, 0) is 53.8 Å². The summed E-state index contributed by atoms with van der Waals surface area (Å²) in [6.45, 7) is 2.99. The first kappa shape index (κ1) is 20.8. The molecule has 2 aromatic carbocycles. The molecule has 7 heteroatoms. The summed E-state index contributed by atoms with van der Waals surface area (Å²) in [4.78, 5) is 26.3. The van der Waals surface area contributed by atoms with E-state index in [9.17, 15) is 9.59 Å². The van der Waals surface area contributed by atoms with E-state index in [2.05, 4.69) is 0 Å². The Labute approximate surface area is 180 Å². The van der Waals surface area contributed by atoms with Gasteiger partial charge in [-0.2, -0.15) is 0 Å². The van der Waals surface area contributed by atoms with Crippen LogP contribution in [0.2, 0.25) is 0 Å². The van der Waals surface area contributed by atoms with E-state index in [1.165, 1.54) is 6.07 Å². The van der Waals surface area contributed by atoms with E-state index < -0.39 is 5.63 Å². The van der Waals surface area contributed by atoms with Crippen molar-refractivity contribution in [1.29, 1.82) is 0 Å². The van der Waals surface area contributed by atoms with E-state index in [-0.39, 0.29) is 12.5 Å². The van der Waals surface area contributed by atoms with Gasteiger partial charge in [0, 0.05) is 30.6 Å². The Kier molecular flexibility index (Phi) is 5.84. The molecule has 0 radical (unpaired) electrons. The monoisotopic (exact) mass is 423 g/mol. The highest BCUT2D eigenvalue weighted by Gasteiger charge is 2.23. The van der Waals surface area contributed by atoms with Crippen molar-refractivity contribution in [2.24, 2.45) is 0 Å². The summed E-state index contributed by atoms with van der Waals surface area (Å²) in [5.74, 6) is 1.72. The molecule has 0 saturated heterocycles. The van der Waals surface area contributed by atoms with Crippen LogP contribution in [0.3, 0.4) is 0 Å². The SMILES string of the molecule is CCc1cc(=O)oc2cc(OCC(=O)N3CCc4cc(OC)c(OC)cc4C3)ccc12. The van der Waals surface area contributed by atoms with Crippen LogP contribution in [-0.4, -0.2) is 38.2 Å². The number of carbonyl (C=O) groups is 1. The Balaban J connectivity index is 1.45. The third-order valence-corrected chi connectivity index (χ3v) is 5.62. The highest BCUT2D eigenvalue weighted by molar-refractivity contribution is 5.82. The molecule has 1 aromatic heterocycles. The predicted molar refractivity (Wildman–Crippen MR) is 116 cm³/mol. The first-order valence-corrected chi connectivity index (χ1v) is 10.2. The van der Waals surface area contributed by atoms with Crippen LogP contribution in [-0.2, 0) is 24.2 Å². The second-order valence-electron chi connectivity index (χ2n) is 7.43. The van der Waals surface area contributed by atoms with Crippen LogP contribution in [0.5, 0.6) is 17.2 Å². The smallest absolute Gasteiger partial charge is 0.336 e. The summed E-state index contributed by atoms with van der Waals surface area (Å²) in [7, 11) is 3.21. The summed E-state index contributed by atoms with van der Waals surface area (Å²) < 4.78 is 21.8. The molecule has 0 spiro atoms. The zero-order valence-corrected chi connectivity index (χ0v) is 17.9. The number of benzene rings is 2. The Morgan fingerprint density at radius 1 is 1.06 bits per heavy atom. The van der Waals surface area contributed by atoms with Crippen LogP contribution >= 0.6 is 0 Å². The van der Waals surface area contributed by atoms with Crippen LogP contribution in [0.4, 0.5) is 0 Å². The first-order chi connectivity index (χ1) is 15.0. The number of hydrogen-bond donors (Lipinski definition) is 0. The standard InChI is InChI=1S/C24H25NO6/c1-4-15-11-24(27)31-20-12-18(5-6-19(15)20)30-14-23(26)25-8-7-16-9-21(28-2)22(29-3)10-17(16)13-25/h5-6,9-12H,4,7-8,13-14H2,1-3H3. The average molecular weight is 423 g/mol. The van der Waals surface area contributed by atoms with Crippen molar-refractivity contribution in [1.82, 2.24) is 4.90 Å². The van der Waals surface area contributed by atoms with Crippen LogP contribution in [0.15, 0.2) is 45.6 Å². The summed E-state index contributed by atoms with van der Waals surface area (Å²) >= 11 is 0. The van der Waals surface area contributed by atoms with E-state index in [1.54, 1.807) is 31.3 Å². The lowest BCUT2D eigenvalue weighted by atomic mass is 9.99. The summed E-state index contributed by atoms with van der Waals surface area (Å²) in [5, 5.41) is 0.873. The Morgan fingerprint density at radius 2 is 1.81 bits per heavy atom. The minimum absolute atomic E-state index is 0.0914. The normalized spacial score (nSPS) is 13.1. The number of ether oxygens (including phenoxy) is 3. The number of hydrogen-bond acceptors (Lipinski definition) is 6. The fourth-order valence-corrected chi connectivity index (χ4v) is 3.92. The molecule has 2 heterocycles. The molecule has 31 heavy (non-hydrogen) atoms. The Morgan fingerprint density at radius 3 is 2.52 bits per heavy atom. The first-order valence-electron chi connectivity index (χ1n) is 10.2. The molecule has 0 fully saturated rings. The molecule has 1 amide bonds. The topological polar surface area (TPSA) is 78.2 Å². The second kappa shape index (κ2) is 8.71. The molecule has 162 valence electrons. The van der Waals surface area contributed by atoms with Crippen LogP contribution in [0, 0.1) is 0 Å². The molecule has 0 atom stereocenters. The third-order valence-electron chi connectivity index (χ3n) is 5.62. The number of aryl methyl sites for hydroxylation is 1. The van der Waals surface area contributed by atoms with Gasteiger partial charge in [0.15, 0.2) is 18.1 Å². The van der Waals surface area contributed by atoms with Crippen LogP contribution < -0.4 is 19.8 Å². The van der Waals surface area contributed by atoms with E-state index >= 15 is 0 Å². The van der Waals surface area contributed by atoms with Gasteiger partial charge in [0.1, 0.15) is 11.3 Å². The fourth-order valence-electron chi connectivity index (χ4n) is 3.92. The minimum Gasteiger partial charge on any atom is -0.493 e. The molecule has 4 rings (SSSR count). The van der Waals surface area contributed by atoms with Gasteiger partial charge in [-0.1, -0.05) is 6.92 Å². The molecule has 3 aromatic rings. The number of amides is 1. The summed E-state index contributed by atoms with van der Waals surface area (Å²) in [6.07, 6.45) is 1.47. The molecule has 1 aliphatic rings. The Hall–Kier alpha value is -3.48. The van der Waals surface area contributed by atoms with Gasteiger partial charge >= 0.3 is 5.63 Å². The van der Waals surface area contributed by atoms with Gasteiger partial charge < -0.3 is 23.5 Å². The van der Waals surface area contributed by atoms with Gasteiger partial charge in [-0.15, -0.1) is 0 Å². The number of carbonyl (C=O) groups excluding carboxylic acids is 1. The second-order valence-corrected chi connectivity index (χ2v) is 7.43. The van der Waals surface area contributed by atoms with Crippen molar-refractivity contribution in [2.45, 2.75) is 26.3 Å². The number of fused-ring (bicyclic) bond motifs is 2. The highest BCUT2D eigenvalue weighted by atomic mass is 16.5. The summed E-state index contributed by atoms with van der Waals surface area (Å²) in [6, 6.07) is 10.7. The molecule has 0 aliphatic carbocycles. The van der Waals surface area contributed by atoms with E-state index in [1.807, 2.05) is 25.1 Å². The maximum Gasteiger partial charge on any atom is 0.336 e. The van der Waals surface area contributed by atoms with E-state index in [0.29, 0.717) is 35.9 Å². The molecular formula is C24H25NO6. The molecule has 0 saturated carbocycles. The van der Waals surface area contributed by atoms with Crippen molar-refractivity contribution in [3.63, 3.8) is 0 Å². The maximum absolute atomic E-state index is 12.7. The maximum atomic E-state index is 12.7. The lowest BCUT2D eigenvalue weighted by Gasteiger charge is -2.29. The molecule has 7 nitrogen and oxygen atoms in total. The van der Waals surface area contributed by atoms with Crippen molar-refractivity contribution >= 4 is 16.9 Å². The lowest BCUT2D eigenvalue weighted by Crippen LogP contribution is -2.38. The molecule has 1 aliphatic heterocycles. The molecule has 0 N–H and O–H groups in total. The number of rotatable bonds is 6. The Bertz CT molecular complexity index is 1180. The largest absolute Gasteiger partial charge is 0.493 e. The van der Waals surface area contributed by atoms with Crippen molar-refractivity contribution < 1.29 is 23.4 Å². The van der Waals surface area contributed by atoms with Crippen molar-refractivity contribution in [3.8, 4) is 17.2 Å². The zero-order valence-electron chi connectivity index (χ0n) is 17.9. The van der Waals surface area contributed by atoms with Crippen molar-refractivity contribution in [3.05, 3.63) is 63.5 Å². The third kappa shape index (κ3) is 4.21. The minimum atomic E-state index is -0.392. The summed E-state index contributed by atoms with van der Waals surface area (Å²) in [5.41, 5.74) is 3.18. The van der Waals surface area contributed by atoms with Gasteiger partial charge in [0.05, 0.1) is 14.2 Å². The highest BCUT2D eigenvalue weighted by Crippen LogP contribution is 2.33. The van der Waals surface area contributed by atoms with Crippen LogP contribution in [0.25, 0.3) is 11.0 Å². The quantitative estimate of drug-likeness (QED) is 0.566. The predicted octanol–water partition coefficient (Wildman–Crippen LogP) is 3.34. The van der Waals surface area contributed by atoms with Gasteiger partial charge in [0.2, 0.25) is 0 Å². The molecular weight excluding hydrogens is 398 g/mol. The van der Waals surface area contributed by atoms with E-state index in [4.69, 9.17) is 18.6 Å². The lowest BCUT2D eigenvalue weighted by molar-refractivity contribution is -0.134. The van der Waals surface area contributed by atoms with Crippen LogP contribution in [0.1, 0.15) is 23.6 Å². The number of nitrogens with zero attached hydrogens (tertiary/aromatic N) is 1. The van der Waals surface area contributed by atoms with Gasteiger partial charge in [0.25, 0.3) is 5.91 Å². The number of methoxy groups -OCH3 is 2. The average Bonchev–Trinajstić information content (AvgIpc) is 2.80. The zero-order chi connectivity index (χ0) is 22.0. The van der Waals surface area contributed by atoms with Gasteiger partial charge in [-0.3, -0.25) is 4.79 Å². The molecule has 0 unspecified atom stereocenters. The van der Waals surface area contributed by atoms with E-state index in [0.717, 1.165) is 34.9 Å². The van der Waals surface area contributed by atoms with Crippen molar-refractivity contribution in [2.75, 3.05) is 27.4 Å². The van der Waals surface area contributed by atoms with Gasteiger partial charge in [-0.25, -0.2) is 4.79 Å².